The number of allylic oxidation sites excluding steroid dienone is 1. The second-order valence-corrected chi connectivity index (χ2v) is 5.72. The van der Waals surface area contributed by atoms with E-state index in [1.807, 2.05) is 11.8 Å². The van der Waals surface area contributed by atoms with Crippen molar-refractivity contribution in [2.45, 2.75) is 12.2 Å². The zero-order chi connectivity index (χ0) is 10.3. The third-order valence-corrected chi connectivity index (χ3v) is 5.09. The molecule has 1 aromatic carbocycles. The molecule has 0 atom stereocenters. The van der Waals surface area contributed by atoms with Crippen LogP contribution < -0.4 is 0 Å². The zero-order valence-corrected chi connectivity index (χ0v) is 9.79. The minimum atomic E-state index is 0.336. The molecule has 0 unspecified atom stereocenters. The maximum absolute atomic E-state index is 11.7. The van der Waals surface area contributed by atoms with Gasteiger partial charge in [-0.05, 0) is 11.1 Å². The van der Waals surface area contributed by atoms with Crippen molar-refractivity contribution in [1.82, 2.24) is 0 Å². The highest BCUT2D eigenvalue weighted by atomic mass is 32.2. The molecule has 1 nitrogen and oxygen atoms in total. The van der Waals surface area contributed by atoms with E-state index in [-0.39, 0.29) is 0 Å². The molecule has 15 heavy (non-hydrogen) atoms. The summed E-state index contributed by atoms with van der Waals surface area (Å²) in [5.41, 5.74) is 2.65. The second kappa shape index (κ2) is 3.72. The predicted octanol–water partition coefficient (Wildman–Crippen LogP) is 3.31. The highest BCUT2D eigenvalue weighted by Crippen LogP contribution is 2.46. The fraction of sp³-hybridized carbons (Fsp3) is 0.250. The molecule has 3 rings (SSSR count). The minimum Gasteiger partial charge on any atom is -0.294 e. The number of carbonyl (C=O) groups is 1. The standard InChI is InChI=1S/C12H10OS2/c13-10-5-6-14-11-9-4-2-1-3-8(9)7-15-12(10)11/h1-4H,5-7H2. The Bertz CT molecular complexity index is 462. The van der Waals surface area contributed by atoms with Gasteiger partial charge in [-0.3, -0.25) is 4.79 Å². The normalized spacial score (nSPS) is 19.9. The summed E-state index contributed by atoms with van der Waals surface area (Å²) < 4.78 is 0. The summed E-state index contributed by atoms with van der Waals surface area (Å²) in [6.07, 6.45) is 0.707. The lowest BCUT2D eigenvalue weighted by molar-refractivity contribution is -0.114. The van der Waals surface area contributed by atoms with E-state index in [0.29, 0.717) is 12.2 Å². The molecule has 2 aliphatic heterocycles. The molecule has 76 valence electrons. The van der Waals surface area contributed by atoms with Crippen molar-refractivity contribution in [2.75, 3.05) is 5.75 Å². The van der Waals surface area contributed by atoms with Crippen LogP contribution in [0.4, 0.5) is 0 Å². The summed E-state index contributed by atoms with van der Waals surface area (Å²) >= 11 is 3.54. The first-order valence-electron chi connectivity index (χ1n) is 4.97. The van der Waals surface area contributed by atoms with Crippen LogP contribution in [-0.2, 0) is 10.5 Å². The van der Waals surface area contributed by atoms with Crippen LogP contribution in [0.25, 0.3) is 4.91 Å². The van der Waals surface area contributed by atoms with Gasteiger partial charge in [0.05, 0.1) is 4.91 Å². The molecule has 2 aliphatic rings. The van der Waals surface area contributed by atoms with Crippen LogP contribution in [0.1, 0.15) is 17.5 Å². The van der Waals surface area contributed by atoms with Gasteiger partial charge in [0.2, 0.25) is 0 Å². The van der Waals surface area contributed by atoms with Crippen molar-refractivity contribution in [2.24, 2.45) is 0 Å². The first-order valence-corrected chi connectivity index (χ1v) is 6.95. The third-order valence-electron chi connectivity index (χ3n) is 2.67. The lowest BCUT2D eigenvalue weighted by Crippen LogP contribution is -2.12. The Morgan fingerprint density at radius 3 is 2.87 bits per heavy atom. The predicted molar refractivity (Wildman–Crippen MR) is 66.7 cm³/mol. The number of Topliss-reactive ketones (excluding diaryl/α,β-unsaturated/α-hetero) is 1. The van der Waals surface area contributed by atoms with Crippen molar-refractivity contribution in [3.8, 4) is 0 Å². The number of hydrogen-bond acceptors (Lipinski definition) is 3. The zero-order valence-electron chi connectivity index (χ0n) is 8.16. The van der Waals surface area contributed by atoms with Crippen molar-refractivity contribution >= 4 is 34.2 Å². The Morgan fingerprint density at radius 1 is 1.07 bits per heavy atom. The molecule has 0 fully saturated rings. The van der Waals surface area contributed by atoms with Crippen LogP contribution in [-0.4, -0.2) is 11.5 Å². The van der Waals surface area contributed by atoms with Crippen LogP contribution >= 0.6 is 23.5 Å². The summed E-state index contributed by atoms with van der Waals surface area (Å²) in [6, 6.07) is 8.42. The number of benzene rings is 1. The monoisotopic (exact) mass is 234 g/mol. The minimum absolute atomic E-state index is 0.336. The van der Waals surface area contributed by atoms with E-state index in [1.54, 1.807) is 11.8 Å². The first-order chi connectivity index (χ1) is 7.36. The topological polar surface area (TPSA) is 17.1 Å². The molecular formula is C12H10OS2. The molecule has 3 heteroatoms. The summed E-state index contributed by atoms with van der Waals surface area (Å²) in [5, 5.41) is 0. The molecule has 0 saturated heterocycles. The van der Waals surface area contributed by atoms with Crippen molar-refractivity contribution in [1.29, 1.82) is 0 Å². The number of thioether (sulfide) groups is 2. The van der Waals surface area contributed by atoms with Gasteiger partial charge in [-0.15, -0.1) is 23.5 Å². The van der Waals surface area contributed by atoms with Crippen LogP contribution in [0.5, 0.6) is 0 Å². The Morgan fingerprint density at radius 2 is 1.93 bits per heavy atom. The Labute approximate surface area is 97.3 Å². The van der Waals surface area contributed by atoms with Gasteiger partial charge < -0.3 is 0 Å². The number of hydrogen-bond donors (Lipinski definition) is 0. The highest BCUT2D eigenvalue weighted by Gasteiger charge is 2.27. The first kappa shape index (κ1) is 9.55. The molecule has 0 aromatic heterocycles. The van der Waals surface area contributed by atoms with Gasteiger partial charge in [-0.25, -0.2) is 0 Å². The molecule has 0 radical (unpaired) electrons. The average molecular weight is 234 g/mol. The molecule has 0 N–H and O–H groups in total. The van der Waals surface area contributed by atoms with E-state index >= 15 is 0 Å². The van der Waals surface area contributed by atoms with E-state index in [2.05, 4.69) is 24.3 Å². The van der Waals surface area contributed by atoms with Gasteiger partial charge in [-0.2, -0.15) is 0 Å². The average Bonchev–Trinajstić information content (AvgIpc) is 2.29. The largest absolute Gasteiger partial charge is 0.294 e. The van der Waals surface area contributed by atoms with Crippen molar-refractivity contribution < 1.29 is 4.79 Å². The molecule has 0 spiro atoms. The van der Waals surface area contributed by atoms with E-state index in [9.17, 15) is 4.79 Å². The molecule has 0 saturated carbocycles. The maximum Gasteiger partial charge on any atom is 0.171 e. The van der Waals surface area contributed by atoms with Crippen molar-refractivity contribution in [3.05, 3.63) is 40.3 Å². The van der Waals surface area contributed by atoms with Gasteiger partial charge in [0.1, 0.15) is 0 Å². The van der Waals surface area contributed by atoms with E-state index in [0.717, 1.165) is 16.4 Å². The van der Waals surface area contributed by atoms with Crippen LogP contribution in [0.2, 0.25) is 0 Å². The van der Waals surface area contributed by atoms with Gasteiger partial charge in [0.25, 0.3) is 0 Å². The summed E-state index contributed by atoms with van der Waals surface area (Å²) in [6.45, 7) is 0. The SMILES string of the molecule is O=C1CCSC2=C1SCc1ccccc12. The second-order valence-electron chi connectivity index (χ2n) is 3.63. The molecule has 1 aromatic rings. The smallest absolute Gasteiger partial charge is 0.171 e. The van der Waals surface area contributed by atoms with Gasteiger partial charge in [0, 0.05) is 22.8 Å². The Kier molecular flexibility index (Phi) is 2.37. The third kappa shape index (κ3) is 1.54. The van der Waals surface area contributed by atoms with E-state index in [1.165, 1.54) is 16.0 Å². The van der Waals surface area contributed by atoms with Gasteiger partial charge in [0.15, 0.2) is 5.78 Å². The molecule has 2 heterocycles. The van der Waals surface area contributed by atoms with Gasteiger partial charge >= 0.3 is 0 Å². The lowest BCUT2D eigenvalue weighted by Gasteiger charge is -2.24. The molecule has 0 amide bonds. The van der Waals surface area contributed by atoms with Gasteiger partial charge in [-0.1, -0.05) is 24.3 Å². The van der Waals surface area contributed by atoms with Crippen LogP contribution in [0.3, 0.4) is 0 Å². The summed E-state index contributed by atoms with van der Waals surface area (Å²) in [7, 11) is 0. The fourth-order valence-electron chi connectivity index (χ4n) is 1.92. The van der Waals surface area contributed by atoms with Crippen LogP contribution in [0.15, 0.2) is 29.2 Å². The Hall–Kier alpha value is -0.670. The van der Waals surface area contributed by atoms with Crippen LogP contribution in [0, 0.1) is 0 Å². The maximum atomic E-state index is 11.7. The summed E-state index contributed by atoms with van der Waals surface area (Å²) in [5.74, 6) is 2.22. The number of fused-ring (bicyclic) bond motifs is 2. The molecule has 0 bridgehead atoms. The lowest BCUT2D eigenvalue weighted by atomic mass is 10.1. The Balaban J connectivity index is 2.18. The quantitative estimate of drug-likeness (QED) is 0.685. The van der Waals surface area contributed by atoms with E-state index < -0.39 is 0 Å². The number of rotatable bonds is 0. The number of carbonyl (C=O) groups excluding carboxylic acids is 1. The fourth-order valence-corrected chi connectivity index (χ4v) is 4.42. The van der Waals surface area contributed by atoms with E-state index in [4.69, 9.17) is 0 Å². The molecular weight excluding hydrogens is 224 g/mol. The number of ketones is 1. The highest BCUT2D eigenvalue weighted by molar-refractivity contribution is 8.11. The summed E-state index contributed by atoms with van der Waals surface area (Å²) in [4.78, 5) is 14.0. The van der Waals surface area contributed by atoms with Crippen molar-refractivity contribution in [3.63, 3.8) is 0 Å². The molecule has 0 aliphatic carbocycles.